The number of tetrazole rings is 1. The number of nitrogens with one attached hydrogen (secondary N) is 2. The van der Waals surface area contributed by atoms with Gasteiger partial charge in [0.05, 0.1) is 18.0 Å². The topological polar surface area (TPSA) is 197 Å². The Kier molecular flexibility index (Phi) is 7.81. The Morgan fingerprint density at radius 2 is 1.76 bits per heavy atom. The molecule has 1 aliphatic heterocycles. The average Bonchev–Trinajstić information content (AvgIpc) is 3.67. The first kappa shape index (κ1) is 27.9. The number of aromatic nitrogens is 4. The lowest BCUT2D eigenvalue weighted by Gasteiger charge is -2.37. The number of aromatic amines is 1. The van der Waals surface area contributed by atoms with E-state index >= 15 is 0 Å². The van der Waals surface area contributed by atoms with Crippen LogP contribution in [0.1, 0.15) is 81.4 Å². The number of nitrogens with two attached hydrogens (primary N) is 2. The minimum Gasteiger partial charge on any atom is -0.366 e. The molecule has 3 amide bonds. The van der Waals surface area contributed by atoms with E-state index < -0.39 is 23.3 Å². The highest BCUT2D eigenvalue weighted by Crippen LogP contribution is 2.47. The molecule has 6 N–H and O–H groups in total. The van der Waals surface area contributed by atoms with Gasteiger partial charge in [0.25, 0.3) is 0 Å². The zero-order chi connectivity index (χ0) is 29.1. The van der Waals surface area contributed by atoms with Crippen molar-refractivity contribution in [2.75, 3.05) is 13.1 Å². The molecule has 2 atom stereocenters. The van der Waals surface area contributed by atoms with Crippen LogP contribution in [-0.4, -0.2) is 68.4 Å². The van der Waals surface area contributed by atoms with Crippen molar-refractivity contribution in [3.63, 3.8) is 0 Å². The third kappa shape index (κ3) is 5.16. The average molecular weight is 556 g/mol. The van der Waals surface area contributed by atoms with Gasteiger partial charge in [-0.1, -0.05) is 24.3 Å². The SMILES string of the molecule is CC[C@H](CC1(c2nn[nH]n2)c2ccc(C(N)=O)cc2CCc2cc(C(N)=O)ccc21)NCC(=O)N1CCC[C@H]1C#N. The summed E-state index contributed by atoms with van der Waals surface area (Å²) in [5.74, 6) is -0.740. The molecular weight excluding hydrogens is 522 g/mol. The Morgan fingerprint density at radius 1 is 1.12 bits per heavy atom. The summed E-state index contributed by atoms with van der Waals surface area (Å²) in [4.78, 5) is 38.9. The lowest BCUT2D eigenvalue weighted by Crippen LogP contribution is -2.46. The summed E-state index contributed by atoms with van der Waals surface area (Å²) < 4.78 is 0. The van der Waals surface area contributed by atoms with Crippen LogP contribution in [0.4, 0.5) is 0 Å². The zero-order valence-electron chi connectivity index (χ0n) is 22.9. The third-order valence-electron chi connectivity index (χ3n) is 8.40. The number of benzene rings is 2. The maximum Gasteiger partial charge on any atom is 0.248 e. The minimum atomic E-state index is -0.944. The van der Waals surface area contributed by atoms with E-state index in [1.807, 2.05) is 19.1 Å². The standard InChI is InChI=1S/C29H33N9O3/c1-2-21(33-16-25(39)38-11-3-4-22(38)15-30)14-29(28-34-36-37-35-28)23-9-7-19(26(31)40)12-17(23)5-6-18-13-20(27(32)41)8-10-24(18)29/h7-10,12-13,21-22,33H,2-6,11,14,16H2,1H3,(H2,31,40)(H2,32,41)(H,34,35,36,37)/t21-,22+/m1/s1. The van der Waals surface area contributed by atoms with E-state index in [2.05, 4.69) is 32.0 Å². The van der Waals surface area contributed by atoms with Gasteiger partial charge >= 0.3 is 0 Å². The molecule has 2 aromatic carbocycles. The molecular formula is C29H33N9O3. The van der Waals surface area contributed by atoms with Crippen LogP contribution >= 0.6 is 0 Å². The number of hydrogen-bond acceptors (Lipinski definition) is 8. The lowest BCUT2D eigenvalue weighted by atomic mass is 9.67. The summed E-state index contributed by atoms with van der Waals surface area (Å²) in [6.45, 7) is 2.69. The maximum absolute atomic E-state index is 13.1. The lowest BCUT2D eigenvalue weighted by molar-refractivity contribution is -0.130. The Balaban J connectivity index is 1.61. The van der Waals surface area contributed by atoms with Crippen molar-refractivity contribution in [2.45, 2.75) is 62.9 Å². The van der Waals surface area contributed by atoms with Gasteiger partial charge in [-0.2, -0.15) is 10.5 Å². The summed E-state index contributed by atoms with van der Waals surface area (Å²) in [6.07, 6.45) is 3.80. The summed E-state index contributed by atoms with van der Waals surface area (Å²) in [5.41, 5.74) is 14.7. The van der Waals surface area contributed by atoms with Gasteiger partial charge < -0.3 is 21.7 Å². The van der Waals surface area contributed by atoms with E-state index in [1.54, 1.807) is 29.2 Å². The first-order valence-corrected chi connectivity index (χ1v) is 13.8. The van der Waals surface area contributed by atoms with Crippen LogP contribution in [0.25, 0.3) is 0 Å². The number of carbonyl (C=O) groups excluding carboxylic acids is 3. The van der Waals surface area contributed by atoms with Gasteiger partial charge in [0.2, 0.25) is 17.7 Å². The molecule has 0 spiro atoms. The largest absolute Gasteiger partial charge is 0.366 e. The molecule has 2 heterocycles. The predicted octanol–water partition coefficient (Wildman–Crippen LogP) is 1.10. The van der Waals surface area contributed by atoms with Gasteiger partial charge in [0.15, 0.2) is 5.82 Å². The molecule has 2 aliphatic rings. The van der Waals surface area contributed by atoms with Crippen molar-refractivity contribution in [3.05, 3.63) is 75.6 Å². The molecule has 12 heteroatoms. The summed E-state index contributed by atoms with van der Waals surface area (Å²) in [5, 5.41) is 28.3. The fourth-order valence-electron chi connectivity index (χ4n) is 6.31. The predicted molar refractivity (Wildman–Crippen MR) is 148 cm³/mol. The number of H-pyrrole nitrogens is 1. The molecule has 1 saturated heterocycles. The zero-order valence-corrected chi connectivity index (χ0v) is 22.9. The number of likely N-dealkylation sites (tertiary alicyclic amines) is 1. The van der Waals surface area contributed by atoms with Crippen molar-refractivity contribution in [2.24, 2.45) is 11.5 Å². The molecule has 12 nitrogen and oxygen atoms in total. The van der Waals surface area contributed by atoms with E-state index in [0.717, 1.165) is 28.7 Å². The molecule has 1 aromatic heterocycles. The van der Waals surface area contributed by atoms with Gasteiger partial charge in [-0.05, 0) is 85.0 Å². The van der Waals surface area contributed by atoms with E-state index in [4.69, 9.17) is 11.5 Å². The van der Waals surface area contributed by atoms with Gasteiger partial charge in [-0.3, -0.25) is 14.4 Å². The van der Waals surface area contributed by atoms with Crippen LogP contribution in [0, 0.1) is 11.3 Å². The van der Waals surface area contributed by atoms with E-state index in [1.165, 1.54) is 0 Å². The number of fused-ring (bicyclic) bond motifs is 2. The molecule has 1 aliphatic carbocycles. The van der Waals surface area contributed by atoms with Gasteiger partial charge in [-0.25, -0.2) is 0 Å². The van der Waals surface area contributed by atoms with Crippen LogP contribution < -0.4 is 16.8 Å². The first-order chi connectivity index (χ1) is 19.8. The van der Waals surface area contributed by atoms with Crippen LogP contribution in [-0.2, 0) is 23.1 Å². The molecule has 0 saturated carbocycles. The quantitative estimate of drug-likeness (QED) is 0.301. The molecule has 41 heavy (non-hydrogen) atoms. The summed E-state index contributed by atoms with van der Waals surface area (Å²) in [7, 11) is 0. The highest BCUT2D eigenvalue weighted by atomic mass is 16.2. The van der Waals surface area contributed by atoms with Crippen LogP contribution in [0.2, 0.25) is 0 Å². The van der Waals surface area contributed by atoms with Gasteiger partial charge in [-0.15, -0.1) is 10.2 Å². The highest BCUT2D eigenvalue weighted by molar-refractivity contribution is 5.94. The molecule has 5 rings (SSSR count). The van der Waals surface area contributed by atoms with Crippen LogP contribution in [0.5, 0.6) is 0 Å². The Labute approximate surface area is 237 Å². The Hall–Kier alpha value is -4.63. The fourth-order valence-corrected chi connectivity index (χ4v) is 6.31. The summed E-state index contributed by atoms with van der Waals surface area (Å²) >= 11 is 0. The monoisotopic (exact) mass is 555 g/mol. The number of primary amides is 2. The van der Waals surface area contributed by atoms with Crippen molar-refractivity contribution < 1.29 is 14.4 Å². The second kappa shape index (κ2) is 11.5. The van der Waals surface area contributed by atoms with Crippen LogP contribution in [0.15, 0.2) is 36.4 Å². The molecule has 0 bridgehead atoms. The van der Waals surface area contributed by atoms with Crippen molar-refractivity contribution in [3.8, 4) is 6.07 Å². The molecule has 212 valence electrons. The second-order valence-electron chi connectivity index (χ2n) is 10.7. The van der Waals surface area contributed by atoms with Crippen molar-refractivity contribution in [1.82, 2.24) is 30.8 Å². The molecule has 0 unspecified atom stereocenters. The highest BCUT2D eigenvalue weighted by Gasteiger charge is 2.46. The number of aryl methyl sites for hydroxylation is 2. The number of carbonyl (C=O) groups is 3. The number of nitrogens with zero attached hydrogens (tertiary/aromatic N) is 5. The number of nitriles is 1. The van der Waals surface area contributed by atoms with Gasteiger partial charge in [0.1, 0.15) is 6.04 Å². The fraction of sp³-hybridized carbons (Fsp3) is 0.414. The van der Waals surface area contributed by atoms with E-state index in [0.29, 0.717) is 55.6 Å². The maximum atomic E-state index is 13.1. The molecule has 0 radical (unpaired) electrons. The second-order valence-corrected chi connectivity index (χ2v) is 10.7. The third-order valence-corrected chi connectivity index (χ3v) is 8.40. The Bertz CT molecular complexity index is 1450. The minimum absolute atomic E-state index is 0.0833. The van der Waals surface area contributed by atoms with E-state index in [-0.39, 0.29) is 18.5 Å². The van der Waals surface area contributed by atoms with E-state index in [9.17, 15) is 19.6 Å². The van der Waals surface area contributed by atoms with Crippen molar-refractivity contribution in [1.29, 1.82) is 5.26 Å². The first-order valence-electron chi connectivity index (χ1n) is 13.8. The number of amides is 3. The Morgan fingerprint density at radius 3 is 2.27 bits per heavy atom. The van der Waals surface area contributed by atoms with Crippen LogP contribution in [0.3, 0.4) is 0 Å². The molecule has 3 aromatic rings. The smallest absolute Gasteiger partial charge is 0.248 e. The number of rotatable bonds is 9. The summed E-state index contributed by atoms with van der Waals surface area (Å²) in [6, 6.07) is 12.5. The number of hydrogen-bond donors (Lipinski definition) is 4. The van der Waals surface area contributed by atoms with Crippen molar-refractivity contribution >= 4 is 17.7 Å². The van der Waals surface area contributed by atoms with Gasteiger partial charge in [0, 0.05) is 23.7 Å². The molecule has 1 fully saturated rings. The normalized spacial score (nSPS) is 18.0.